The molecule has 2 rings (SSSR count). The maximum atomic E-state index is 12.4. The molecule has 2 aromatic rings. The van der Waals surface area contributed by atoms with Crippen molar-refractivity contribution in [2.24, 2.45) is 0 Å². The molecule has 140 valence electrons. The van der Waals surface area contributed by atoms with E-state index in [9.17, 15) is 4.79 Å². The summed E-state index contributed by atoms with van der Waals surface area (Å²) in [6, 6.07) is 12.6. The zero-order chi connectivity index (χ0) is 19.1. The minimum atomic E-state index is -0.176. The molecule has 0 saturated heterocycles. The Hall–Kier alpha value is -2.05. The fourth-order valence-electron chi connectivity index (χ4n) is 2.65. The number of nitrogens with one attached hydrogen (secondary N) is 1. The average molecular weight is 421 g/mol. The Bertz CT molecular complexity index is 730. The number of rotatable bonds is 8. The third-order valence-electron chi connectivity index (χ3n) is 4.15. The molecule has 1 N–H and O–H groups in total. The van der Waals surface area contributed by atoms with Crippen molar-refractivity contribution in [2.75, 3.05) is 25.5 Å². The lowest BCUT2D eigenvalue weighted by molar-refractivity contribution is 0.0459. The number of carbonyl (C=O) groups is 1. The van der Waals surface area contributed by atoms with Crippen molar-refractivity contribution in [3.63, 3.8) is 0 Å². The van der Waals surface area contributed by atoms with Crippen molar-refractivity contribution in [3.05, 3.63) is 52.5 Å². The van der Waals surface area contributed by atoms with E-state index < -0.39 is 0 Å². The van der Waals surface area contributed by atoms with Crippen LogP contribution in [0.2, 0.25) is 0 Å². The summed E-state index contributed by atoms with van der Waals surface area (Å²) in [5, 5.41) is 2.90. The highest BCUT2D eigenvalue weighted by Gasteiger charge is 2.15. The Kier molecular flexibility index (Phi) is 7.48. The highest BCUT2D eigenvalue weighted by atomic mass is 79.9. The van der Waals surface area contributed by atoms with Crippen molar-refractivity contribution in [1.29, 1.82) is 0 Å². The lowest BCUT2D eigenvalue weighted by Crippen LogP contribution is -2.36. The molecule has 1 amide bonds. The summed E-state index contributed by atoms with van der Waals surface area (Å²) < 4.78 is 12.4. The summed E-state index contributed by atoms with van der Waals surface area (Å²) in [5.41, 5.74) is 1.24. The molecular weight excluding hydrogens is 396 g/mol. The second-order valence-corrected chi connectivity index (χ2v) is 6.68. The Balaban J connectivity index is 2.17. The molecule has 5 nitrogen and oxygen atoms in total. The first-order chi connectivity index (χ1) is 12.5. The van der Waals surface area contributed by atoms with Gasteiger partial charge in [-0.2, -0.15) is 0 Å². The normalized spacial score (nSPS) is 11.9. The predicted molar refractivity (Wildman–Crippen MR) is 108 cm³/mol. The Labute approximate surface area is 163 Å². The summed E-state index contributed by atoms with van der Waals surface area (Å²) in [6.45, 7) is 7.96. The van der Waals surface area contributed by atoms with Crippen LogP contribution in [0, 0.1) is 0 Å². The number of halogens is 1. The number of carbonyl (C=O) groups excluding carboxylic acids is 1. The summed E-state index contributed by atoms with van der Waals surface area (Å²) in [4.78, 5) is 14.6. The molecule has 0 aliphatic rings. The first-order valence-corrected chi connectivity index (χ1v) is 9.43. The molecule has 0 aromatic heterocycles. The second-order valence-electron chi connectivity index (χ2n) is 5.77. The van der Waals surface area contributed by atoms with E-state index in [1.54, 1.807) is 37.4 Å². The molecule has 1 unspecified atom stereocenters. The van der Waals surface area contributed by atoms with Crippen molar-refractivity contribution < 1.29 is 14.3 Å². The van der Waals surface area contributed by atoms with E-state index in [0.29, 0.717) is 22.7 Å². The van der Waals surface area contributed by atoms with Crippen LogP contribution in [0.15, 0.2) is 46.9 Å². The van der Waals surface area contributed by atoms with E-state index in [4.69, 9.17) is 9.47 Å². The third kappa shape index (κ3) is 5.22. The maximum absolute atomic E-state index is 12.4. The van der Waals surface area contributed by atoms with Gasteiger partial charge in [-0.15, -0.1) is 0 Å². The number of hydrogen-bond acceptors (Lipinski definition) is 4. The van der Waals surface area contributed by atoms with Crippen LogP contribution < -0.4 is 14.8 Å². The highest BCUT2D eigenvalue weighted by molar-refractivity contribution is 9.10. The standard InChI is InChI=1S/C20H25BrN2O3/c1-5-23(6-2)14(3)26-19-13-17(11-12-18(19)25-4)22-20(24)15-7-9-16(21)10-8-15/h7-14H,5-6H2,1-4H3,(H,22,24). The van der Waals surface area contributed by atoms with E-state index >= 15 is 0 Å². The van der Waals surface area contributed by atoms with Crippen molar-refractivity contribution >= 4 is 27.5 Å². The van der Waals surface area contributed by atoms with Gasteiger partial charge in [-0.3, -0.25) is 9.69 Å². The molecule has 0 fully saturated rings. The topological polar surface area (TPSA) is 50.8 Å². The van der Waals surface area contributed by atoms with Gasteiger partial charge in [0.25, 0.3) is 5.91 Å². The minimum Gasteiger partial charge on any atom is -0.493 e. The second kappa shape index (κ2) is 9.59. The first-order valence-electron chi connectivity index (χ1n) is 8.64. The smallest absolute Gasteiger partial charge is 0.255 e. The molecule has 0 radical (unpaired) electrons. The fraction of sp³-hybridized carbons (Fsp3) is 0.350. The van der Waals surface area contributed by atoms with Crippen LogP contribution in [0.3, 0.4) is 0 Å². The quantitative estimate of drug-likeness (QED) is 0.624. The van der Waals surface area contributed by atoms with Gasteiger partial charge in [-0.25, -0.2) is 0 Å². The molecule has 0 heterocycles. The number of amides is 1. The fourth-order valence-corrected chi connectivity index (χ4v) is 2.91. The van der Waals surface area contributed by atoms with E-state index in [1.807, 2.05) is 19.1 Å². The Morgan fingerprint density at radius 2 is 1.77 bits per heavy atom. The van der Waals surface area contributed by atoms with E-state index in [0.717, 1.165) is 17.6 Å². The van der Waals surface area contributed by atoms with Crippen LogP contribution in [0.5, 0.6) is 11.5 Å². The molecule has 6 heteroatoms. The van der Waals surface area contributed by atoms with Crippen molar-refractivity contribution in [3.8, 4) is 11.5 Å². The van der Waals surface area contributed by atoms with Gasteiger partial charge in [0, 0.05) is 21.8 Å². The van der Waals surface area contributed by atoms with E-state index in [2.05, 4.69) is 40.0 Å². The monoisotopic (exact) mass is 420 g/mol. The predicted octanol–water partition coefficient (Wildman–Crippen LogP) is 4.78. The molecule has 0 aliphatic heterocycles. The highest BCUT2D eigenvalue weighted by Crippen LogP contribution is 2.31. The Morgan fingerprint density at radius 1 is 1.12 bits per heavy atom. The minimum absolute atomic E-state index is 0.101. The average Bonchev–Trinajstić information content (AvgIpc) is 2.63. The molecule has 0 spiro atoms. The first kappa shape index (κ1) is 20.3. The number of methoxy groups -OCH3 is 1. The van der Waals surface area contributed by atoms with E-state index in [-0.39, 0.29) is 12.1 Å². The molecule has 1 atom stereocenters. The van der Waals surface area contributed by atoms with Crippen molar-refractivity contribution in [2.45, 2.75) is 27.0 Å². The van der Waals surface area contributed by atoms with Crippen LogP contribution in [0.4, 0.5) is 5.69 Å². The number of ether oxygens (including phenoxy) is 2. The molecule has 2 aromatic carbocycles. The molecule has 0 bridgehead atoms. The zero-order valence-corrected chi connectivity index (χ0v) is 17.2. The summed E-state index contributed by atoms with van der Waals surface area (Å²) >= 11 is 3.37. The number of benzene rings is 2. The van der Waals surface area contributed by atoms with Gasteiger partial charge < -0.3 is 14.8 Å². The summed E-state index contributed by atoms with van der Waals surface area (Å²) in [6.07, 6.45) is -0.101. The van der Waals surface area contributed by atoms with Crippen LogP contribution >= 0.6 is 15.9 Å². The summed E-state index contributed by atoms with van der Waals surface area (Å²) in [5.74, 6) is 1.05. The van der Waals surface area contributed by atoms with Gasteiger partial charge in [0.2, 0.25) is 0 Å². The van der Waals surface area contributed by atoms with Crippen LogP contribution in [0.25, 0.3) is 0 Å². The van der Waals surface area contributed by atoms with Crippen LogP contribution in [-0.2, 0) is 0 Å². The largest absolute Gasteiger partial charge is 0.493 e. The SMILES string of the molecule is CCN(CC)C(C)Oc1cc(NC(=O)c2ccc(Br)cc2)ccc1OC. The van der Waals surface area contributed by atoms with Gasteiger partial charge in [-0.1, -0.05) is 29.8 Å². The molecule has 0 aliphatic carbocycles. The zero-order valence-electron chi connectivity index (χ0n) is 15.6. The van der Waals surface area contributed by atoms with E-state index in [1.165, 1.54) is 0 Å². The maximum Gasteiger partial charge on any atom is 0.255 e. The van der Waals surface area contributed by atoms with Gasteiger partial charge in [-0.05, 0) is 56.4 Å². The molecule has 0 saturated carbocycles. The van der Waals surface area contributed by atoms with Crippen molar-refractivity contribution in [1.82, 2.24) is 4.90 Å². The molecule has 26 heavy (non-hydrogen) atoms. The van der Waals surface area contributed by atoms with Gasteiger partial charge in [0.15, 0.2) is 11.5 Å². The number of hydrogen-bond donors (Lipinski definition) is 1. The number of anilines is 1. The lowest BCUT2D eigenvalue weighted by Gasteiger charge is -2.27. The lowest BCUT2D eigenvalue weighted by atomic mass is 10.2. The number of nitrogens with zero attached hydrogens (tertiary/aromatic N) is 1. The summed E-state index contributed by atoms with van der Waals surface area (Å²) in [7, 11) is 1.60. The van der Waals surface area contributed by atoms with Crippen LogP contribution in [-0.4, -0.2) is 37.2 Å². The van der Waals surface area contributed by atoms with Gasteiger partial charge in [0.1, 0.15) is 6.23 Å². The van der Waals surface area contributed by atoms with Crippen LogP contribution in [0.1, 0.15) is 31.1 Å². The van der Waals surface area contributed by atoms with Gasteiger partial charge >= 0.3 is 0 Å². The molecular formula is C20H25BrN2O3. The Morgan fingerprint density at radius 3 is 2.35 bits per heavy atom. The third-order valence-corrected chi connectivity index (χ3v) is 4.68. The van der Waals surface area contributed by atoms with Gasteiger partial charge in [0.05, 0.1) is 7.11 Å².